The molecule has 1 saturated carbocycles. The van der Waals surface area contributed by atoms with Crippen molar-refractivity contribution in [1.82, 2.24) is 4.98 Å². The van der Waals surface area contributed by atoms with Crippen LogP contribution in [0.25, 0.3) is 10.9 Å². The summed E-state index contributed by atoms with van der Waals surface area (Å²) < 4.78 is 57.8. The molecule has 0 bridgehead atoms. The number of halogens is 3. The molecule has 2 aliphatic carbocycles. The van der Waals surface area contributed by atoms with Gasteiger partial charge in [-0.3, -0.25) is 4.79 Å². The lowest BCUT2D eigenvalue weighted by atomic mass is 9.91. The van der Waals surface area contributed by atoms with Crippen LogP contribution >= 0.6 is 0 Å². The molecule has 3 aliphatic rings. The molecule has 5 N–H and O–H groups in total. The lowest BCUT2D eigenvalue weighted by molar-refractivity contribution is -0.286. The Labute approximate surface area is 255 Å². The van der Waals surface area contributed by atoms with Gasteiger partial charge in [0.15, 0.2) is 6.10 Å². The van der Waals surface area contributed by atoms with Gasteiger partial charge in [-0.05, 0) is 72.6 Å². The third-order valence-corrected chi connectivity index (χ3v) is 9.16. The summed E-state index contributed by atoms with van der Waals surface area (Å²) >= 11 is 0. The van der Waals surface area contributed by atoms with E-state index in [0.29, 0.717) is 29.7 Å². The highest BCUT2D eigenvalue weighted by Gasteiger charge is 2.48. The summed E-state index contributed by atoms with van der Waals surface area (Å²) in [6.07, 6.45) is -9.21. The molecule has 2 fully saturated rings. The minimum absolute atomic E-state index is 0.0375. The number of benzene rings is 2. The highest BCUT2D eigenvalue weighted by Crippen LogP contribution is 2.43. The van der Waals surface area contributed by atoms with Crippen molar-refractivity contribution in [2.24, 2.45) is 0 Å². The first-order valence-corrected chi connectivity index (χ1v) is 15.0. The Morgan fingerprint density at radius 3 is 2.44 bits per heavy atom. The number of ether oxygens (including phenoxy) is 3. The van der Waals surface area contributed by atoms with Gasteiger partial charge in [-0.2, -0.15) is 13.2 Å². The van der Waals surface area contributed by atoms with E-state index in [4.69, 9.17) is 14.2 Å². The zero-order chi connectivity index (χ0) is 32.0. The van der Waals surface area contributed by atoms with Gasteiger partial charge in [0.05, 0.1) is 12.0 Å². The van der Waals surface area contributed by atoms with Crippen LogP contribution in [0, 0.1) is 0 Å². The zero-order valence-corrected chi connectivity index (χ0v) is 24.1. The van der Waals surface area contributed by atoms with E-state index in [1.165, 1.54) is 6.07 Å². The number of alkyl halides is 3. The van der Waals surface area contributed by atoms with Gasteiger partial charge in [-0.15, -0.1) is 0 Å². The number of hydrogen-bond donors (Lipinski definition) is 5. The molecule has 13 heteroatoms. The number of carboxylic acid groups (broad SMARTS) is 1. The van der Waals surface area contributed by atoms with Crippen LogP contribution in [-0.4, -0.2) is 68.1 Å². The Hall–Kier alpha value is -3.65. The molecule has 2 heterocycles. The van der Waals surface area contributed by atoms with Crippen molar-refractivity contribution in [1.29, 1.82) is 0 Å². The average Bonchev–Trinajstić information content (AvgIpc) is 3.74. The Morgan fingerprint density at radius 1 is 0.978 bits per heavy atom. The number of carbonyl (C=O) groups is 2. The van der Waals surface area contributed by atoms with Gasteiger partial charge < -0.3 is 39.6 Å². The minimum atomic E-state index is -4.45. The van der Waals surface area contributed by atoms with Crippen molar-refractivity contribution in [3.8, 4) is 5.75 Å². The summed E-state index contributed by atoms with van der Waals surface area (Å²) in [5.74, 6) is -2.24. The second-order valence-corrected chi connectivity index (χ2v) is 12.1. The summed E-state index contributed by atoms with van der Waals surface area (Å²) in [6, 6.07) is 9.80. The monoisotopic (exact) mass is 633 g/mol. The average molecular weight is 634 g/mol. The second-order valence-electron chi connectivity index (χ2n) is 12.1. The first kappa shape index (κ1) is 31.3. The Balaban J connectivity index is 1.12. The molecule has 3 aromatic rings. The maximum atomic E-state index is 13.9. The predicted octanol–water partition coefficient (Wildman–Crippen LogP) is 4.28. The van der Waals surface area contributed by atoms with E-state index in [1.807, 2.05) is 6.07 Å². The summed E-state index contributed by atoms with van der Waals surface area (Å²) in [5.41, 5.74) is 2.74. The van der Waals surface area contributed by atoms with Crippen LogP contribution < -0.4 is 4.74 Å². The molecule has 1 saturated heterocycles. The van der Waals surface area contributed by atoms with Crippen molar-refractivity contribution >= 4 is 22.8 Å². The fourth-order valence-corrected chi connectivity index (χ4v) is 6.85. The smallest absolute Gasteiger partial charge is 0.416 e. The molecule has 2 aromatic carbocycles. The molecular weight excluding hydrogens is 599 g/mol. The number of carboxylic acids is 1. The zero-order valence-electron chi connectivity index (χ0n) is 24.1. The molecule has 0 spiro atoms. The minimum Gasteiger partial charge on any atom is -0.489 e. The van der Waals surface area contributed by atoms with E-state index in [1.54, 1.807) is 24.3 Å². The molecule has 10 nitrogen and oxygen atoms in total. The molecule has 242 valence electrons. The Morgan fingerprint density at radius 2 is 1.73 bits per heavy atom. The topological polar surface area (TPSA) is 159 Å². The van der Waals surface area contributed by atoms with Crippen molar-refractivity contribution < 1.29 is 57.4 Å². The molecule has 1 aliphatic heterocycles. The lowest BCUT2D eigenvalue weighted by Crippen LogP contribution is -2.60. The molecule has 6 atom stereocenters. The third kappa shape index (κ3) is 6.26. The van der Waals surface area contributed by atoms with Crippen LogP contribution in [0.4, 0.5) is 13.2 Å². The molecular formula is C32H34F3NO9. The Bertz CT molecular complexity index is 1580. The number of aromatic nitrogens is 1. The number of esters is 1. The highest BCUT2D eigenvalue weighted by molar-refractivity contribution is 5.87. The van der Waals surface area contributed by atoms with Crippen molar-refractivity contribution in [3.05, 3.63) is 64.3 Å². The predicted molar refractivity (Wildman–Crippen MR) is 151 cm³/mol. The number of nitrogens with one attached hydrogen (secondary N) is 1. The van der Waals surface area contributed by atoms with Crippen LogP contribution in [0.1, 0.15) is 78.3 Å². The van der Waals surface area contributed by atoms with Gasteiger partial charge in [0.1, 0.15) is 30.7 Å². The molecule has 1 aromatic heterocycles. The van der Waals surface area contributed by atoms with E-state index < -0.39 is 54.4 Å². The summed E-state index contributed by atoms with van der Waals surface area (Å²) in [4.78, 5) is 27.4. The van der Waals surface area contributed by atoms with E-state index in [2.05, 4.69) is 4.98 Å². The van der Waals surface area contributed by atoms with E-state index in [9.17, 15) is 43.2 Å². The Kier molecular flexibility index (Phi) is 8.55. The number of aliphatic hydroxyl groups excluding tert-OH is 3. The number of aliphatic carboxylic acids is 1. The van der Waals surface area contributed by atoms with Gasteiger partial charge in [-0.25, -0.2) is 4.79 Å². The maximum absolute atomic E-state index is 13.9. The first-order chi connectivity index (χ1) is 21.4. The fraction of sp³-hybridized carbons (Fsp3) is 0.500. The molecule has 45 heavy (non-hydrogen) atoms. The fourth-order valence-electron chi connectivity index (χ4n) is 6.85. The van der Waals surface area contributed by atoms with E-state index >= 15 is 0 Å². The van der Waals surface area contributed by atoms with Crippen LogP contribution in [0.3, 0.4) is 0 Å². The van der Waals surface area contributed by atoms with Gasteiger partial charge in [0, 0.05) is 22.5 Å². The van der Waals surface area contributed by atoms with Crippen molar-refractivity contribution in [2.45, 2.75) is 100 Å². The number of rotatable bonds is 8. The highest BCUT2D eigenvalue weighted by atomic mass is 19.4. The number of aliphatic hydroxyl groups is 3. The normalized spacial score (nSPS) is 27.1. The molecule has 6 rings (SSSR count). The largest absolute Gasteiger partial charge is 0.489 e. The third-order valence-electron chi connectivity index (χ3n) is 9.16. The summed E-state index contributed by atoms with van der Waals surface area (Å²) in [6.45, 7) is -0.0375. The van der Waals surface area contributed by atoms with Crippen LogP contribution in [0.15, 0.2) is 36.4 Å². The van der Waals surface area contributed by atoms with Gasteiger partial charge >= 0.3 is 18.1 Å². The molecule has 0 unspecified atom stereocenters. The molecule has 0 radical (unpaired) electrons. The van der Waals surface area contributed by atoms with Crippen LogP contribution in [0.2, 0.25) is 0 Å². The number of aromatic amines is 1. The number of H-pyrrole nitrogens is 1. The van der Waals surface area contributed by atoms with Gasteiger partial charge in [0.25, 0.3) is 0 Å². The number of carbonyl (C=O) groups excluding carboxylic acids is 1. The van der Waals surface area contributed by atoms with Crippen LogP contribution in [0.5, 0.6) is 5.75 Å². The first-order valence-electron chi connectivity index (χ1n) is 15.0. The summed E-state index contributed by atoms with van der Waals surface area (Å²) in [7, 11) is 0. The van der Waals surface area contributed by atoms with Gasteiger partial charge in [-0.1, -0.05) is 25.0 Å². The quantitative estimate of drug-likeness (QED) is 0.228. The number of fused-ring (bicyclic) bond motifs is 3. The van der Waals surface area contributed by atoms with Crippen molar-refractivity contribution in [3.63, 3.8) is 0 Å². The number of hydrogen-bond acceptors (Lipinski definition) is 8. The number of aryl methyl sites for hydroxylation is 1. The summed E-state index contributed by atoms with van der Waals surface area (Å²) in [5, 5.41) is 40.0. The SMILES string of the molecule is O=C(C[C@H]1CCc2c1[nH]c1ccc(OCc3ccc(C4CCCC4)c(C(F)(F)F)c3)cc21)O[C@@H]1O[C@H](C(=O)O)[C@@H](O)[C@H](O)[C@H]1O. The lowest BCUT2D eigenvalue weighted by Gasteiger charge is -2.38. The maximum Gasteiger partial charge on any atom is 0.416 e. The second kappa shape index (κ2) is 12.3. The van der Waals surface area contributed by atoms with E-state index in [-0.39, 0.29) is 24.9 Å². The van der Waals surface area contributed by atoms with Gasteiger partial charge in [0.2, 0.25) is 6.29 Å². The molecule has 0 amide bonds. The van der Waals surface area contributed by atoms with E-state index in [0.717, 1.165) is 47.8 Å². The van der Waals surface area contributed by atoms with Crippen LogP contribution in [-0.2, 0) is 38.3 Å². The van der Waals surface area contributed by atoms with Crippen molar-refractivity contribution in [2.75, 3.05) is 0 Å². The standard InChI is InChI=1S/C32H34F3NO9/c33-32(34,35)22-11-15(5-8-19(22)16-3-1-2-4-16)14-43-18-7-10-23-21(13-18)20-9-6-17(25(20)36-23)12-24(37)44-31-28(40)26(38)27(39)29(45-31)30(41)42/h5,7-8,10-11,13,16-17,26-29,31,36,38-40H,1-4,6,9,12,14H2,(H,41,42)/t17-,26+,27+,28-,29+,31-/m1/s1.